The zero-order valence-corrected chi connectivity index (χ0v) is 8.38. The number of hydrogen-bond donors (Lipinski definition) is 0. The Balaban J connectivity index is 4.07. The molecule has 0 N–H and O–H groups in total. The van der Waals surface area contributed by atoms with E-state index in [0.29, 0.717) is 0 Å². The number of hydrogen-bond acceptors (Lipinski definition) is 2. The van der Waals surface area contributed by atoms with Crippen LogP contribution in [-0.2, 0) is 9.05 Å². The van der Waals surface area contributed by atoms with Crippen molar-refractivity contribution in [3.05, 3.63) is 0 Å². The van der Waals surface area contributed by atoms with Crippen LogP contribution in [0, 0.1) is 0 Å². The van der Waals surface area contributed by atoms with Crippen molar-refractivity contribution >= 4 is 27.8 Å². The molecule has 0 spiro atoms. The van der Waals surface area contributed by atoms with Crippen LogP contribution in [0.15, 0.2) is 0 Å². The summed E-state index contributed by atoms with van der Waals surface area (Å²) in [4.78, 5) is 0. The highest BCUT2D eigenvalue weighted by atomic mass is 35.7. The lowest BCUT2D eigenvalue weighted by Crippen LogP contribution is -2.29. The van der Waals surface area contributed by atoms with Crippen molar-refractivity contribution < 1.29 is 8.42 Å². The van der Waals surface area contributed by atoms with E-state index in [2.05, 4.69) is 0 Å². The summed E-state index contributed by atoms with van der Waals surface area (Å²) in [5, 5.41) is 0.168. The lowest BCUT2D eigenvalue weighted by Gasteiger charge is -2.11. The smallest absolute Gasteiger partial charge is 0.213 e. The number of halogens is 1. The van der Waals surface area contributed by atoms with Gasteiger partial charge in [-0.1, -0.05) is 19.6 Å². The van der Waals surface area contributed by atoms with Crippen LogP contribution in [0.5, 0.6) is 0 Å². The van der Waals surface area contributed by atoms with Gasteiger partial charge in [-0.3, -0.25) is 0 Å². The highest BCUT2D eigenvalue weighted by Crippen LogP contribution is 2.07. The molecule has 5 heteroatoms. The first-order valence-corrected chi connectivity index (χ1v) is 8.82. The zero-order valence-electron chi connectivity index (χ0n) is 5.81. The molecule has 0 radical (unpaired) electrons. The number of rotatable bonds is 2. The standard InChI is InChI=1S/C4H11ClO2SSi/c1-9(2,3)4-8(5,6)7/h4H2,1-3H3. The Bertz CT molecular complexity index is 179. The highest BCUT2D eigenvalue weighted by molar-refractivity contribution is 8.14. The molecular weight excluding hydrogens is 176 g/mol. The fourth-order valence-corrected chi connectivity index (χ4v) is 7.60. The maximum Gasteiger partial charge on any atom is 0.230 e. The SMILES string of the molecule is C[Si](C)(C)CS(=O)(=O)Cl. The molecule has 2 nitrogen and oxygen atoms in total. The lowest BCUT2D eigenvalue weighted by atomic mass is 11.8. The van der Waals surface area contributed by atoms with Crippen LogP contribution in [0.1, 0.15) is 0 Å². The van der Waals surface area contributed by atoms with E-state index in [0.717, 1.165) is 0 Å². The van der Waals surface area contributed by atoms with E-state index < -0.39 is 17.1 Å². The molecule has 0 heterocycles. The normalized spacial score (nSPS) is 13.8. The molecule has 9 heavy (non-hydrogen) atoms. The van der Waals surface area contributed by atoms with Gasteiger partial charge in [0.15, 0.2) is 0 Å². The molecule has 0 unspecified atom stereocenters. The summed E-state index contributed by atoms with van der Waals surface area (Å²) in [6.45, 7) is 5.90. The Hall–Kier alpha value is 0.457. The molecule has 0 atom stereocenters. The molecule has 0 saturated carbocycles. The predicted octanol–water partition coefficient (Wildman–Crippen LogP) is 1.43. The molecule has 0 rings (SSSR count). The van der Waals surface area contributed by atoms with Crippen LogP contribution in [-0.4, -0.2) is 21.9 Å². The maximum absolute atomic E-state index is 10.4. The highest BCUT2D eigenvalue weighted by Gasteiger charge is 2.20. The van der Waals surface area contributed by atoms with Gasteiger partial charge in [0.05, 0.1) is 13.5 Å². The third kappa shape index (κ3) is 8.46. The molecular formula is C4H11ClO2SSi. The Morgan fingerprint density at radius 2 is 1.67 bits per heavy atom. The lowest BCUT2D eigenvalue weighted by molar-refractivity contribution is 0.613. The topological polar surface area (TPSA) is 34.1 Å². The Labute approximate surface area is 61.6 Å². The summed E-state index contributed by atoms with van der Waals surface area (Å²) in [5.74, 6) is 0. The Morgan fingerprint density at radius 1 is 1.33 bits per heavy atom. The van der Waals surface area contributed by atoms with Crippen LogP contribution >= 0.6 is 10.7 Å². The summed E-state index contributed by atoms with van der Waals surface area (Å²) >= 11 is 0. The first-order chi connectivity index (χ1) is 3.71. The quantitative estimate of drug-likeness (QED) is 0.483. The molecule has 0 aromatic rings. The van der Waals surface area contributed by atoms with Gasteiger partial charge >= 0.3 is 0 Å². The van der Waals surface area contributed by atoms with E-state index in [9.17, 15) is 8.42 Å². The molecule has 0 aliphatic rings. The van der Waals surface area contributed by atoms with Crippen molar-refractivity contribution in [1.29, 1.82) is 0 Å². The third-order valence-corrected chi connectivity index (χ3v) is 6.43. The molecule has 0 bridgehead atoms. The van der Waals surface area contributed by atoms with Gasteiger partial charge in [-0.15, -0.1) is 0 Å². The summed E-state index contributed by atoms with van der Waals surface area (Å²) < 4.78 is 20.9. The van der Waals surface area contributed by atoms with Gasteiger partial charge < -0.3 is 0 Å². The summed E-state index contributed by atoms with van der Waals surface area (Å²) in [7, 11) is 0.264. The van der Waals surface area contributed by atoms with E-state index in [1.165, 1.54) is 0 Å². The van der Waals surface area contributed by atoms with E-state index in [1.807, 2.05) is 19.6 Å². The molecule has 0 aromatic carbocycles. The minimum absolute atomic E-state index is 0.168. The second-order valence-corrected chi connectivity index (χ2v) is 12.0. The van der Waals surface area contributed by atoms with Crippen molar-refractivity contribution in [1.82, 2.24) is 0 Å². The van der Waals surface area contributed by atoms with Gasteiger partial charge in [0.2, 0.25) is 9.05 Å². The zero-order chi connectivity index (χ0) is 7.71. The average molecular weight is 187 g/mol. The van der Waals surface area contributed by atoms with Crippen LogP contribution in [0.2, 0.25) is 19.6 Å². The second kappa shape index (κ2) is 2.60. The maximum atomic E-state index is 10.4. The summed E-state index contributed by atoms with van der Waals surface area (Å²) in [5.41, 5.74) is 0. The molecule has 0 amide bonds. The molecule has 56 valence electrons. The van der Waals surface area contributed by atoms with Crippen molar-refractivity contribution in [2.75, 3.05) is 5.38 Å². The summed E-state index contributed by atoms with van der Waals surface area (Å²) in [6, 6.07) is 0. The Morgan fingerprint density at radius 3 is 1.67 bits per heavy atom. The minimum Gasteiger partial charge on any atom is -0.213 e. The Kier molecular flexibility index (Phi) is 2.73. The van der Waals surface area contributed by atoms with E-state index >= 15 is 0 Å². The van der Waals surface area contributed by atoms with Gasteiger partial charge in [0, 0.05) is 10.7 Å². The fourth-order valence-electron chi connectivity index (χ4n) is 0.517. The molecule has 0 fully saturated rings. The molecule has 0 aromatic heterocycles. The second-order valence-electron chi connectivity index (χ2n) is 3.24. The van der Waals surface area contributed by atoms with Crippen molar-refractivity contribution in [2.45, 2.75) is 19.6 Å². The van der Waals surface area contributed by atoms with E-state index in [4.69, 9.17) is 10.7 Å². The predicted molar refractivity (Wildman–Crippen MR) is 43.0 cm³/mol. The van der Waals surface area contributed by atoms with Gasteiger partial charge in [0.25, 0.3) is 0 Å². The largest absolute Gasteiger partial charge is 0.230 e. The average Bonchev–Trinajstić information content (AvgIpc) is 1.14. The molecule has 0 aliphatic carbocycles. The summed E-state index contributed by atoms with van der Waals surface area (Å²) in [6.07, 6.45) is 0. The van der Waals surface area contributed by atoms with E-state index in [1.54, 1.807) is 0 Å². The first kappa shape index (κ1) is 9.46. The fraction of sp³-hybridized carbons (Fsp3) is 1.00. The first-order valence-electron chi connectivity index (χ1n) is 2.63. The van der Waals surface area contributed by atoms with Crippen LogP contribution in [0.25, 0.3) is 0 Å². The van der Waals surface area contributed by atoms with Crippen molar-refractivity contribution in [2.24, 2.45) is 0 Å². The van der Waals surface area contributed by atoms with Gasteiger partial charge in [-0.05, 0) is 0 Å². The third-order valence-electron chi connectivity index (χ3n) is 0.605. The van der Waals surface area contributed by atoms with Crippen molar-refractivity contribution in [3.63, 3.8) is 0 Å². The van der Waals surface area contributed by atoms with Gasteiger partial charge in [-0.25, -0.2) is 8.42 Å². The van der Waals surface area contributed by atoms with Crippen LogP contribution in [0.3, 0.4) is 0 Å². The van der Waals surface area contributed by atoms with Gasteiger partial charge in [0.1, 0.15) is 0 Å². The van der Waals surface area contributed by atoms with Crippen LogP contribution in [0.4, 0.5) is 0 Å². The van der Waals surface area contributed by atoms with Gasteiger partial charge in [-0.2, -0.15) is 0 Å². The van der Waals surface area contributed by atoms with Crippen molar-refractivity contribution in [3.8, 4) is 0 Å². The minimum atomic E-state index is -3.25. The molecule has 0 aliphatic heterocycles. The van der Waals surface area contributed by atoms with Crippen LogP contribution < -0.4 is 0 Å². The van der Waals surface area contributed by atoms with E-state index in [-0.39, 0.29) is 5.38 Å². The molecule has 0 saturated heterocycles. The monoisotopic (exact) mass is 186 g/mol.